The molecule has 3 aromatic rings. The standard InChI is InChI=1S/C17H19ClN4O2S/c1-2-13-19-17-22(20-13)16(23)15(25-17)14(21-7-9-24-10-8-21)11-3-5-12(18)6-4-11/h3-6,14,23H,2,7-10H2,1H3/t14-/m0/s1. The van der Waals surface area contributed by atoms with Gasteiger partial charge in [-0.2, -0.15) is 4.52 Å². The zero-order valence-corrected chi connectivity index (χ0v) is 15.4. The summed E-state index contributed by atoms with van der Waals surface area (Å²) in [7, 11) is 0. The van der Waals surface area contributed by atoms with E-state index < -0.39 is 0 Å². The first-order chi connectivity index (χ1) is 12.2. The van der Waals surface area contributed by atoms with Gasteiger partial charge in [0.05, 0.1) is 24.1 Å². The molecule has 1 N–H and O–H groups in total. The van der Waals surface area contributed by atoms with Crippen LogP contribution in [0.2, 0.25) is 5.02 Å². The Balaban J connectivity index is 1.80. The molecule has 0 spiro atoms. The molecule has 1 atom stereocenters. The maximum atomic E-state index is 10.8. The average molecular weight is 379 g/mol. The number of aromatic hydroxyl groups is 1. The molecule has 25 heavy (non-hydrogen) atoms. The van der Waals surface area contributed by atoms with Crippen LogP contribution in [0.5, 0.6) is 5.88 Å². The molecule has 4 rings (SSSR count). The van der Waals surface area contributed by atoms with Crippen molar-refractivity contribution in [2.45, 2.75) is 19.4 Å². The largest absolute Gasteiger partial charge is 0.492 e. The summed E-state index contributed by atoms with van der Waals surface area (Å²) in [6, 6.07) is 7.71. The lowest BCUT2D eigenvalue weighted by molar-refractivity contribution is 0.0241. The van der Waals surface area contributed by atoms with Crippen LogP contribution < -0.4 is 0 Å². The van der Waals surface area contributed by atoms with Gasteiger partial charge in [-0.3, -0.25) is 4.90 Å². The third-order valence-electron chi connectivity index (χ3n) is 4.40. The quantitative estimate of drug-likeness (QED) is 0.755. The Morgan fingerprint density at radius 3 is 2.64 bits per heavy atom. The molecule has 2 aromatic heterocycles. The molecule has 1 aliphatic rings. The lowest BCUT2D eigenvalue weighted by Crippen LogP contribution is -2.39. The van der Waals surface area contributed by atoms with Crippen LogP contribution in [0.25, 0.3) is 4.96 Å². The Kier molecular flexibility index (Phi) is 4.64. The van der Waals surface area contributed by atoms with Gasteiger partial charge in [-0.25, -0.2) is 4.98 Å². The summed E-state index contributed by atoms with van der Waals surface area (Å²) in [4.78, 5) is 8.38. The van der Waals surface area contributed by atoms with Gasteiger partial charge in [-0.15, -0.1) is 5.10 Å². The number of nitrogens with zero attached hydrogens (tertiary/aromatic N) is 4. The molecular formula is C17H19ClN4O2S. The van der Waals surface area contributed by atoms with Crippen molar-refractivity contribution in [3.8, 4) is 5.88 Å². The highest BCUT2D eigenvalue weighted by atomic mass is 35.5. The molecule has 0 saturated carbocycles. The number of rotatable bonds is 4. The van der Waals surface area contributed by atoms with Gasteiger partial charge >= 0.3 is 0 Å². The van der Waals surface area contributed by atoms with Crippen molar-refractivity contribution in [2.24, 2.45) is 0 Å². The molecule has 6 nitrogen and oxygen atoms in total. The lowest BCUT2D eigenvalue weighted by Gasteiger charge is -2.34. The van der Waals surface area contributed by atoms with Crippen LogP contribution in [0, 0.1) is 0 Å². The first-order valence-electron chi connectivity index (χ1n) is 8.32. The van der Waals surface area contributed by atoms with Crippen LogP contribution in [0.4, 0.5) is 0 Å². The number of thiazole rings is 1. The molecule has 1 aromatic carbocycles. The molecule has 1 aliphatic heterocycles. The minimum absolute atomic E-state index is 0.0697. The summed E-state index contributed by atoms with van der Waals surface area (Å²) in [5.41, 5.74) is 1.09. The monoisotopic (exact) mass is 378 g/mol. The number of aromatic nitrogens is 3. The van der Waals surface area contributed by atoms with Crippen LogP contribution in [-0.2, 0) is 11.2 Å². The van der Waals surface area contributed by atoms with E-state index in [4.69, 9.17) is 16.3 Å². The Hall–Kier alpha value is -1.67. The van der Waals surface area contributed by atoms with E-state index in [0.29, 0.717) is 18.2 Å². The molecule has 0 bridgehead atoms. The first-order valence-corrected chi connectivity index (χ1v) is 9.51. The van der Waals surface area contributed by atoms with Crippen LogP contribution in [0.1, 0.15) is 29.2 Å². The summed E-state index contributed by atoms with van der Waals surface area (Å²) in [5.74, 6) is 0.904. The maximum Gasteiger partial charge on any atom is 0.230 e. The van der Waals surface area contributed by atoms with Gasteiger partial charge in [-0.1, -0.05) is 42.0 Å². The fourth-order valence-corrected chi connectivity index (χ4v) is 4.39. The third-order valence-corrected chi connectivity index (χ3v) is 5.73. The Morgan fingerprint density at radius 2 is 2.00 bits per heavy atom. The van der Waals surface area contributed by atoms with Crippen molar-refractivity contribution < 1.29 is 9.84 Å². The molecule has 1 saturated heterocycles. The van der Waals surface area contributed by atoms with E-state index in [2.05, 4.69) is 15.0 Å². The fourth-order valence-electron chi connectivity index (χ4n) is 3.13. The highest BCUT2D eigenvalue weighted by Crippen LogP contribution is 2.40. The molecule has 3 heterocycles. The molecule has 0 aliphatic carbocycles. The van der Waals surface area contributed by atoms with Gasteiger partial charge in [0.2, 0.25) is 10.8 Å². The van der Waals surface area contributed by atoms with Crippen molar-refractivity contribution in [1.82, 2.24) is 19.5 Å². The summed E-state index contributed by atoms with van der Waals surface area (Å²) in [5, 5.41) is 15.9. The van der Waals surface area contributed by atoms with Gasteiger partial charge in [-0.05, 0) is 17.7 Å². The molecule has 0 radical (unpaired) electrons. The third kappa shape index (κ3) is 3.13. The summed E-state index contributed by atoms with van der Waals surface area (Å²) >= 11 is 7.54. The van der Waals surface area contributed by atoms with Crippen LogP contribution in [0.15, 0.2) is 24.3 Å². The molecule has 1 fully saturated rings. The number of benzene rings is 1. The molecule has 132 valence electrons. The predicted molar refractivity (Wildman–Crippen MR) is 97.6 cm³/mol. The zero-order valence-electron chi connectivity index (χ0n) is 13.9. The predicted octanol–water partition coefficient (Wildman–Crippen LogP) is 3.13. The average Bonchev–Trinajstić information content (AvgIpc) is 3.18. The van der Waals surface area contributed by atoms with E-state index in [9.17, 15) is 5.11 Å². The minimum atomic E-state index is -0.0697. The summed E-state index contributed by atoms with van der Waals surface area (Å²) in [6.45, 7) is 4.99. The van der Waals surface area contributed by atoms with Gasteiger partial charge in [0.15, 0.2) is 5.82 Å². The van der Waals surface area contributed by atoms with E-state index in [1.54, 1.807) is 4.52 Å². The number of fused-ring (bicyclic) bond motifs is 1. The second-order valence-electron chi connectivity index (χ2n) is 5.97. The smallest absolute Gasteiger partial charge is 0.230 e. The van der Waals surface area contributed by atoms with Crippen molar-refractivity contribution >= 4 is 27.9 Å². The van der Waals surface area contributed by atoms with Gasteiger partial charge in [0.25, 0.3) is 0 Å². The topological polar surface area (TPSA) is 62.9 Å². The highest BCUT2D eigenvalue weighted by Gasteiger charge is 2.30. The summed E-state index contributed by atoms with van der Waals surface area (Å²) < 4.78 is 7.04. The van der Waals surface area contributed by atoms with Crippen LogP contribution in [-0.4, -0.2) is 50.9 Å². The van der Waals surface area contributed by atoms with Crippen LogP contribution >= 0.6 is 22.9 Å². The molecular weight excluding hydrogens is 360 g/mol. The van der Waals surface area contributed by atoms with E-state index in [1.807, 2.05) is 31.2 Å². The van der Waals surface area contributed by atoms with Gasteiger partial charge < -0.3 is 9.84 Å². The van der Waals surface area contributed by atoms with Crippen molar-refractivity contribution in [2.75, 3.05) is 26.3 Å². The van der Waals surface area contributed by atoms with Crippen molar-refractivity contribution in [3.05, 3.63) is 45.6 Å². The fraction of sp³-hybridized carbons (Fsp3) is 0.412. The molecule has 0 amide bonds. The number of aryl methyl sites for hydroxylation is 1. The lowest BCUT2D eigenvalue weighted by atomic mass is 10.0. The second-order valence-corrected chi connectivity index (χ2v) is 7.41. The Bertz CT molecular complexity index is 871. The Morgan fingerprint density at radius 1 is 1.28 bits per heavy atom. The molecule has 8 heteroatoms. The Labute approximate surface area is 154 Å². The van der Waals surface area contributed by atoms with E-state index in [0.717, 1.165) is 40.7 Å². The highest BCUT2D eigenvalue weighted by molar-refractivity contribution is 7.17. The molecule has 0 unspecified atom stereocenters. The van der Waals surface area contributed by atoms with E-state index in [1.165, 1.54) is 11.3 Å². The first kappa shape index (κ1) is 16.8. The van der Waals surface area contributed by atoms with Crippen LogP contribution in [0.3, 0.4) is 0 Å². The minimum Gasteiger partial charge on any atom is -0.492 e. The zero-order chi connectivity index (χ0) is 17.4. The van der Waals surface area contributed by atoms with Crippen molar-refractivity contribution in [3.63, 3.8) is 0 Å². The normalized spacial score (nSPS) is 17.2. The van der Waals surface area contributed by atoms with Gasteiger partial charge in [0.1, 0.15) is 0 Å². The number of hydrogen-bond donors (Lipinski definition) is 1. The SMILES string of the molecule is CCc1nc2sc([C@H](c3ccc(Cl)cc3)N3CCOCC3)c(O)n2n1. The van der Waals surface area contributed by atoms with Crippen molar-refractivity contribution in [1.29, 1.82) is 0 Å². The number of halogens is 1. The summed E-state index contributed by atoms with van der Waals surface area (Å²) in [6.07, 6.45) is 0.743. The number of ether oxygens (including phenoxy) is 1. The second kappa shape index (κ2) is 6.92. The number of hydrogen-bond acceptors (Lipinski definition) is 6. The maximum absolute atomic E-state index is 10.8. The van der Waals surface area contributed by atoms with E-state index >= 15 is 0 Å². The van der Waals surface area contributed by atoms with E-state index in [-0.39, 0.29) is 11.9 Å². The van der Waals surface area contributed by atoms with Gasteiger partial charge in [0, 0.05) is 24.5 Å². The number of morpholine rings is 1.